The summed E-state index contributed by atoms with van der Waals surface area (Å²) in [6.45, 7) is 1.79. The van der Waals surface area contributed by atoms with E-state index in [1.54, 1.807) is 24.4 Å². The number of rotatable bonds is 2. The van der Waals surface area contributed by atoms with Crippen LogP contribution in [0.1, 0.15) is 21.5 Å². The number of hydrogen-bond donors (Lipinski definition) is 1. The Morgan fingerprint density at radius 1 is 1.38 bits per heavy atom. The van der Waals surface area contributed by atoms with Gasteiger partial charge in [-0.1, -0.05) is 12.1 Å². The van der Waals surface area contributed by atoms with E-state index < -0.39 is 5.82 Å². The largest absolute Gasteiger partial charge is 0.390 e. The van der Waals surface area contributed by atoms with Crippen LogP contribution in [-0.4, -0.2) is 5.78 Å². The van der Waals surface area contributed by atoms with Gasteiger partial charge in [-0.15, -0.1) is 11.3 Å². The molecule has 0 fully saturated rings. The minimum Gasteiger partial charge on any atom is -0.390 e. The third-order valence-electron chi connectivity index (χ3n) is 2.35. The van der Waals surface area contributed by atoms with Crippen LogP contribution in [0.4, 0.5) is 9.39 Å². The molecular weight excluding hydrogens is 225 g/mol. The van der Waals surface area contributed by atoms with Crippen molar-refractivity contribution >= 4 is 22.1 Å². The van der Waals surface area contributed by atoms with Gasteiger partial charge in [0.25, 0.3) is 0 Å². The highest BCUT2D eigenvalue weighted by molar-refractivity contribution is 7.14. The molecule has 4 heteroatoms. The summed E-state index contributed by atoms with van der Waals surface area (Å²) in [5.74, 6) is -0.869. The molecule has 0 aliphatic carbocycles. The first-order valence-electron chi connectivity index (χ1n) is 4.74. The summed E-state index contributed by atoms with van der Waals surface area (Å²) in [6, 6.07) is 5.92. The number of halogens is 1. The van der Waals surface area contributed by atoms with Gasteiger partial charge in [0.15, 0.2) is 5.78 Å². The van der Waals surface area contributed by atoms with Crippen LogP contribution in [0.2, 0.25) is 0 Å². The monoisotopic (exact) mass is 235 g/mol. The first-order valence-corrected chi connectivity index (χ1v) is 5.62. The maximum atomic E-state index is 13.4. The lowest BCUT2D eigenvalue weighted by Crippen LogP contribution is -2.06. The smallest absolute Gasteiger partial charge is 0.199 e. The topological polar surface area (TPSA) is 43.1 Å². The molecule has 2 N–H and O–H groups in total. The predicted molar refractivity (Wildman–Crippen MR) is 63.3 cm³/mol. The molecule has 0 aliphatic rings. The van der Waals surface area contributed by atoms with Gasteiger partial charge in [-0.2, -0.15) is 0 Å². The van der Waals surface area contributed by atoms with Gasteiger partial charge in [-0.05, 0) is 30.0 Å². The molecule has 0 spiro atoms. The summed E-state index contributed by atoms with van der Waals surface area (Å²) in [4.78, 5) is 12.1. The Bertz CT molecular complexity index is 528. The number of aryl methyl sites for hydroxylation is 1. The van der Waals surface area contributed by atoms with Gasteiger partial charge in [0.05, 0.1) is 16.1 Å². The fraction of sp³-hybridized carbons (Fsp3) is 0.0833. The van der Waals surface area contributed by atoms with Crippen molar-refractivity contribution < 1.29 is 9.18 Å². The number of thiophene rings is 1. The Morgan fingerprint density at radius 2 is 2.06 bits per heavy atom. The van der Waals surface area contributed by atoms with E-state index in [0.717, 1.165) is 5.56 Å². The second kappa shape index (κ2) is 4.06. The van der Waals surface area contributed by atoms with E-state index >= 15 is 0 Å². The molecule has 0 saturated heterocycles. The zero-order valence-electron chi connectivity index (χ0n) is 8.66. The van der Waals surface area contributed by atoms with Crippen molar-refractivity contribution in [3.05, 3.63) is 52.2 Å². The molecule has 0 saturated carbocycles. The van der Waals surface area contributed by atoms with Gasteiger partial charge in [0, 0.05) is 0 Å². The molecule has 0 aliphatic heterocycles. The van der Waals surface area contributed by atoms with E-state index in [2.05, 4.69) is 0 Å². The van der Waals surface area contributed by atoms with Crippen LogP contribution >= 0.6 is 11.3 Å². The average Bonchev–Trinajstić information content (AvgIpc) is 2.58. The molecule has 16 heavy (non-hydrogen) atoms. The number of nitrogen functional groups attached to an aromatic ring is 1. The fourth-order valence-electron chi connectivity index (χ4n) is 1.54. The number of anilines is 1. The molecule has 0 amide bonds. The zero-order chi connectivity index (χ0) is 11.7. The van der Waals surface area contributed by atoms with Gasteiger partial charge in [0.2, 0.25) is 0 Å². The number of carbonyl (C=O) groups is 1. The molecule has 2 aromatic rings. The summed E-state index contributed by atoms with van der Waals surface area (Å²) < 4.78 is 13.4. The molecule has 0 atom stereocenters. The molecule has 0 bridgehead atoms. The van der Waals surface area contributed by atoms with Gasteiger partial charge < -0.3 is 5.73 Å². The van der Waals surface area contributed by atoms with Crippen molar-refractivity contribution in [3.8, 4) is 0 Å². The average molecular weight is 235 g/mol. The lowest BCUT2D eigenvalue weighted by molar-refractivity contribution is 0.103. The maximum Gasteiger partial charge on any atom is 0.199 e. The number of hydrogen-bond acceptors (Lipinski definition) is 3. The van der Waals surface area contributed by atoms with Crippen LogP contribution in [0, 0.1) is 12.7 Å². The summed E-state index contributed by atoms with van der Waals surface area (Å²) in [7, 11) is 0. The molecular formula is C12H10FNOS. The Hall–Kier alpha value is -1.68. The normalized spacial score (nSPS) is 10.4. The van der Waals surface area contributed by atoms with Gasteiger partial charge in [0.1, 0.15) is 5.82 Å². The SMILES string of the molecule is Cc1csc(N)c1C(=O)c1ccccc1F. The van der Waals surface area contributed by atoms with Crippen LogP contribution in [0.3, 0.4) is 0 Å². The van der Waals surface area contributed by atoms with E-state index in [-0.39, 0.29) is 11.3 Å². The second-order valence-corrected chi connectivity index (χ2v) is 4.38. The highest BCUT2D eigenvalue weighted by atomic mass is 32.1. The molecule has 1 heterocycles. The zero-order valence-corrected chi connectivity index (χ0v) is 9.48. The van der Waals surface area contributed by atoms with Crippen LogP contribution in [0.25, 0.3) is 0 Å². The Labute approximate surface area is 96.5 Å². The van der Waals surface area contributed by atoms with Crippen molar-refractivity contribution in [2.75, 3.05) is 5.73 Å². The minimum absolute atomic E-state index is 0.0655. The van der Waals surface area contributed by atoms with Gasteiger partial charge in [-0.3, -0.25) is 4.79 Å². The molecule has 2 nitrogen and oxygen atoms in total. The van der Waals surface area contributed by atoms with Crippen molar-refractivity contribution in [1.82, 2.24) is 0 Å². The van der Waals surface area contributed by atoms with Gasteiger partial charge >= 0.3 is 0 Å². The molecule has 82 valence electrons. The van der Waals surface area contributed by atoms with E-state index in [1.165, 1.54) is 23.5 Å². The molecule has 2 rings (SSSR count). The van der Waals surface area contributed by atoms with Crippen molar-refractivity contribution in [3.63, 3.8) is 0 Å². The van der Waals surface area contributed by atoms with Crippen molar-refractivity contribution in [2.45, 2.75) is 6.92 Å². The van der Waals surface area contributed by atoms with E-state index in [9.17, 15) is 9.18 Å². The number of benzene rings is 1. The first-order chi connectivity index (χ1) is 7.61. The van der Waals surface area contributed by atoms with Gasteiger partial charge in [-0.25, -0.2) is 4.39 Å². The molecule has 0 unspecified atom stereocenters. The summed E-state index contributed by atoms with van der Waals surface area (Å²) in [6.07, 6.45) is 0. The van der Waals surface area contributed by atoms with Crippen LogP contribution < -0.4 is 5.73 Å². The standard InChI is InChI=1S/C12H10FNOS/c1-7-6-16-12(14)10(7)11(15)8-4-2-3-5-9(8)13/h2-6H,14H2,1H3. The van der Waals surface area contributed by atoms with Crippen LogP contribution in [0.5, 0.6) is 0 Å². The minimum atomic E-state index is -0.516. The molecule has 1 aromatic carbocycles. The highest BCUT2D eigenvalue weighted by Gasteiger charge is 2.19. The predicted octanol–water partition coefficient (Wildman–Crippen LogP) is 3.01. The van der Waals surface area contributed by atoms with Crippen molar-refractivity contribution in [2.24, 2.45) is 0 Å². The third kappa shape index (κ3) is 1.72. The Kier molecular flexibility index (Phi) is 2.75. The molecule has 1 aromatic heterocycles. The van der Waals surface area contributed by atoms with Crippen molar-refractivity contribution in [1.29, 1.82) is 0 Å². The number of carbonyl (C=O) groups excluding carboxylic acids is 1. The fourth-order valence-corrected chi connectivity index (χ4v) is 2.33. The highest BCUT2D eigenvalue weighted by Crippen LogP contribution is 2.27. The van der Waals surface area contributed by atoms with Crippen LogP contribution in [0.15, 0.2) is 29.6 Å². The summed E-state index contributed by atoms with van der Waals surface area (Å²) >= 11 is 1.29. The van der Waals surface area contributed by atoms with E-state index in [4.69, 9.17) is 5.73 Å². The Morgan fingerprint density at radius 3 is 2.62 bits per heavy atom. The third-order valence-corrected chi connectivity index (χ3v) is 3.28. The first kappa shape index (κ1) is 10.8. The van der Waals surface area contributed by atoms with E-state index in [0.29, 0.717) is 10.6 Å². The summed E-state index contributed by atoms with van der Waals surface area (Å²) in [5.41, 5.74) is 6.97. The number of nitrogens with two attached hydrogens (primary N) is 1. The lowest BCUT2D eigenvalue weighted by Gasteiger charge is -2.03. The van der Waals surface area contributed by atoms with Crippen LogP contribution in [-0.2, 0) is 0 Å². The van der Waals surface area contributed by atoms with E-state index in [1.807, 2.05) is 0 Å². The maximum absolute atomic E-state index is 13.4. The quantitative estimate of drug-likeness (QED) is 0.813. The lowest BCUT2D eigenvalue weighted by atomic mass is 10.0. The Balaban J connectivity index is 2.52. The second-order valence-electron chi connectivity index (χ2n) is 3.47. The molecule has 0 radical (unpaired) electrons. The number of ketones is 1. The summed E-state index contributed by atoms with van der Waals surface area (Å²) in [5, 5.41) is 2.23.